The van der Waals surface area contributed by atoms with Gasteiger partial charge in [0.25, 0.3) is 0 Å². The molecule has 0 saturated heterocycles. The van der Waals surface area contributed by atoms with Crippen LogP contribution in [0.2, 0.25) is 0 Å². The maximum absolute atomic E-state index is 11.6. The van der Waals surface area contributed by atoms with E-state index in [9.17, 15) is 4.79 Å². The highest BCUT2D eigenvalue weighted by atomic mass is 16.1. The molecule has 1 rings (SSSR count). The van der Waals surface area contributed by atoms with Crippen LogP contribution in [0.15, 0.2) is 0 Å². The zero-order valence-electron chi connectivity index (χ0n) is 9.47. The van der Waals surface area contributed by atoms with Crippen LogP contribution < -0.4 is 11.1 Å². The average Bonchev–Trinajstić information content (AvgIpc) is 2.44. The van der Waals surface area contributed by atoms with Crippen LogP contribution in [-0.4, -0.2) is 18.5 Å². The van der Waals surface area contributed by atoms with Crippen LogP contribution >= 0.6 is 0 Å². The highest BCUT2D eigenvalue weighted by Crippen LogP contribution is 2.37. The summed E-state index contributed by atoms with van der Waals surface area (Å²) in [6.45, 7) is 6.74. The Labute approximate surface area is 86.4 Å². The fraction of sp³-hybridized carbons (Fsp3) is 0.909. The summed E-state index contributed by atoms with van der Waals surface area (Å²) in [5, 5.41) is 3.10. The second-order valence-corrected chi connectivity index (χ2v) is 5.08. The number of carbonyl (C=O) groups excluding carboxylic acids is 1. The van der Waals surface area contributed by atoms with Crippen LogP contribution in [0.3, 0.4) is 0 Å². The molecular formula is C11H22N2O. The topological polar surface area (TPSA) is 55.1 Å². The normalized spacial score (nSPS) is 27.3. The molecule has 1 aliphatic rings. The van der Waals surface area contributed by atoms with Crippen molar-refractivity contribution in [3.63, 3.8) is 0 Å². The van der Waals surface area contributed by atoms with E-state index in [1.165, 1.54) is 12.8 Å². The Kier molecular flexibility index (Phi) is 3.53. The lowest BCUT2D eigenvalue weighted by Gasteiger charge is -2.28. The SMILES string of the molecule is CC(CN)C(=O)NC1CCCC1(C)C. The first kappa shape index (κ1) is 11.5. The molecule has 0 spiro atoms. The third-order valence-electron chi connectivity index (χ3n) is 3.37. The van der Waals surface area contributed by atoms with Crippen LogP contribution in [0.4, 0.5) is 0 Å². The predicted octanol–water partition coefficient (Wildman–Crippen LogP) is 1.28. The van der Waals surface area contributed by atoms with E-state index >= 15 is 0 Å². The third kappa shape index (κ3) is 2.47. The molecule has 1 fully saturated rings. The van der Waals surface area contributed by atoms with Gasteiger partial charge in [-0.3, -0.25) is 4.79 Å². The maximum Gasteiger partial charge on any atom is 0.224 e. The summed E-state index contributed by atoms with van der Waals surface area (Å²) in [6, 6.07) is 0.337. The van der Waals surface area contributed by atoms with Gasteiger partial charge < -0.3 is 11.1 Å². The Morgan fingerprint density at radius 1 is 1.64 bits per heavy atom. The fourth-order valence-electron chi connectivity index (χ4n) is 2.02. The average molecular weight is 198 g/mol. The van der Waals surface area contributed by atoms with E-state index in [4.69, 9.17) is 5.73 Å². The third-order valence-corrected chi connectivity index (χ3v) is 3.37. The molecule has 82 valence electrons. The van der Waals surface area contributed by atoms with Gasteiger partial charge in [0.15, 0.2) is 0 Å². The molecule has 1 amide bonds. The van der Waals surface area contributed by atoms with Crippen molar-refractivity contribution in [2.24, 2.45) is 17.1 Å². The van der Waals surface area contributed by atoms with Crippen molar-refractivity contribution in [2.75, 3.05) is 6.54 Å². The van der Waals surface area contributed by atoms with Crippen molar-refractivity contribution in [2.45, 2.75) is 46.1 Å². The lowest BCUT2D eigenvalue weighted by atomic mass is 9.87. The van der Waals surface area contributed by atoms with Crippen molar-refractivity contribution in [1.29, 1.82) is 0 Å². The summed E-state index contributed by atoms with van der Waals surface area (Å²) < 4.78 is 0. The van der Waals surface area contributed by atoms with Crippen molar-refractivity contribution < 1.29 is 4.79 Å². The zero-order chi connectivity index (χ0) is 10.8. The Hall–Kier alpha value is -0.570. The summed E-state index contributed by atoms with van der Waals surface area (Å²) in [5.41, 5.74) is 5.71. The molecule has 3 N–H and O–H groups in total. The van der Waals surface area contributed by atoms with Gasteiger partial charge in [-0.15, -0.1) is 0 Å². The maximum atomic E-state index is 11.6. The number of amides is 1. The van der Waals surface area contributed by atoms with Gasteiger partial charge in [0.1, 0.15) is 0 Å². The molecule has 0 heterocycles. The molecule has 1 aliphatic carbocycles. The first-order chi connectivity index (χ1) is 6.47. The van der Waals surface area contributed by atoms with Crippen molar-refractivity contribution >= 4 is 5.91 Å². The summed E-state index contributed by atoms with van der Waals surface area (Å²) in [7, 11) is 0. The lowest BCUT2D eigenvalue weighted by Crippen LogP contribution is -2.44. The number of carbonyl (C=O) groups is 1. The van der Waals surface area contributed by atoms with Crippen LogP contribution in [0, 0.1) is 11.3 Å². The first-order valence-corrected chi connectivity index (χ1v) is 5.48. The Bertz CT molecular complexity index is 213. The van der Waals surface area contributed by atoms with Crippen LogP contribution in [0.5, 0.6) is 0 Å². The zero-order valence-corrected chi connectivity index (χ0v) is 9.47. The molecule has 0 bridgehead atoms. The van der Waals surface area contributed by atoms with Crippen LogP contribution in [-0.2, 0) is 4.79 Å². The van der Waals surface area contributed by atoms with E-state index in [-0.39, 0.29) is 17.2 Å². The number of nitrogens with one attached hydrogen (secondary N) is 1. The smallest absolute Gasteiger partial charge is 0.224 e. The van der Waals surface area contributed by atoms with Crippen molar-refractivity contribution in [3.8, 4) is 0 Å². The van der Waals surface area contributed by atoms with Gasteiger partial charge in [0.05, 0.1) is 0 Å². The molecule has 14 heavy (non-hydrogen) atoms. The largest absolute Gasteiger partial charge is 0.353 e. The Morgan fingerprint density at radius 2 is 2.29 bits per heavy atom. The van der Waals surface area contributed by atoms with Crippen molar-refractivity contribution in [3.05, 3.63) is 0 Å². The second kappa shape index (κ2) is 4.30. The monoisotopic (exact) mass is 198 g/mol. The fourth-order valence-corrected chi connectivity index (χ4v) is 2.02. The van der Waals surface area contributed by atoms with E-state index in [0.29, 0.717) is 12.6 Å². The predicted molar refractivity (Wildman–Crippen MR) is 57.8 cm³/mol. The van der Waals surface area contributed by atoms with Gasteiger partial charge in [-0.25, -0.2) is 0 Å². The summed E-state index contributed by atoms with van der Waals surface area (Å²) >= 11 is 0. The van der Waals surface area contributed by atoms with E-state index in [1.54, 1.807) is 0 Å². The molecule has 0 radical (unpaired) electrons. The second-order valence-electron chi connectivity index (χ2n) is 5.08. The Balaban J connectivity index is 2.48. The summed E-state index contributed by atoms with van der Waals surface area (Å²) in [6.07, 6.45) is 3.53. The molecule has 3 nitrogen and oxygen atoms in total. The van der Waals surface area contributed by atoms with Gasteiger partial charge in [0.2, 0.25) is 5.91 Å². The van der Waals surface area contributed by atoms with Gasteiger partial charge in [-0.2, -0.15) is 0 Å². The molecule has 0 aromatic heterocycles. The molecule has 0 aliphatic heterocycles. The Morgan fingerprint density at radius 3 is 2.71 bits per heavy atom. The van der Waals surface area contributed by atoms with Crippen molar-refractivity contribution in [1.82, 2.24) is 5.32 Å². The van der Waals surface area contributed by atoms with Gasteiger partial charge in [-0.1, -0.05) is 27.2 Å². The minimum absolute atomic E-state index is 0.0635. The lowest BCUT2D eigenvalue weighted by molar-refractivity contribution is -0.125. The van der Waals surface area contributed by atoms with E-state index < -0.39 is 0 Å². The number of hydrogen-bond acceptors (Lipinski definition) is 2. The van der Waals surface area contributed by atoms with E-state index in [0.717, 1.165) is 6.42 Å². The molecule has 0 aromatic rings. The highest BCUT2D eigenvalue weighted by Gasteiger charge is 2.35. The summed E-state index contributed by atoms with van der Waals surface area (Å²) in [5.74, 6) is 0.0406. The van der Waals surface area contributed by atoms with E-state index in [2.05, 4.69) is 19.2 Å². The molecule has 3 heteroatoms. The highest BCUT2D eigenvalue weighted by molar-refractivity contribution is 5.78. The van der Waals surface area contributed by atoms with Crippen LogP contribution in [0.1, 0.15) is 40.0 Å². The first-order valence-electron chi connectivity index (χ1n) is 5.48. The van der Waals surface area contributed by atoms with E-state index in [1.807, 2.05) is 6.92 Å². The number of rotatable bonds is 3. The number of nitrogens with two attached hydrogens (primary N) is 1. The molecule has 0 aromatic carbocycles. The molecule has 1 saturated carbocycles. The van der Waals surface area contributed by atoms with Crippen LogP contribution in [0.25, 0.3) is 0 Å². The molecule has 2 atom stereocenters. The number of hydrogen-bond donors (Lipinski definition) is 2. The standard InChI is InChI=1S/C11H22N2O/c1-8(7-12)10(14)13-9-5-4-6-11(9,2)3/h8-9H,4-7,12H2,1-3H3,(H,13,14). The molecule has 2 unspecified atom stereocenters. The molecular weight excluding hydrogens is 176 g/mol. The van der Waals surface area contributed by atoms with Gasteiger partial charge in [0, 0.05) is 18.5 Å². The van der Waals surface area contributed by atoms with Gasteiger partial charge >= 0.3 is 0 Å². The minimum atomic E-state index is -0.0635. The summed E-state index contributed by atoms with van der Waals surface area (Å²) in [4.78, 5) is 11.6. The quantitative estimate of drug-likeness (QED) is 0.717. The minimum Gasteiger partial charge on any atom is -0.353 e. The van der Waals surface area contributed by atoms with Gasteiger partial charge in [-0.05, 0) is 18.3 Å².